The van der Waals surface area contributed by atoms with Crippen molar-refractivity contribution in [2.24, 2.45) is 5.16 Å². The van der Waals surface area contributed by atoms with Crippen molar-refractivity contribution in [1.29, 1.82) is 0 Å². The molecule has 1 aromatic rings. The summed E-state index contributed by atoms with van der Waals surface area (Å²) < 4.78 is 25.0. The lowest BCUT2D eigenvalue weighted by molar-refractivity contribution is -0.143. The number of carboxylic acids is 1. The van der Waals surface area contributed by atoms with Gasteiger partial charge in [0.2, 0.25) is 0 Å². The highest BCUT2D eigenvalue weighted by Gasteiger charge is 2.50. The second kappa shape index (κ2) is 9.84. The molecule has 1 fully saturated rings. The highest BCUT2D eigenvalue weighted by atomic mass is 32.2. The highest BCUT2D eigenvalue weighted by molar-refractivity contribution is 7.95. The molecule has 0 spiro atoms. The van der Waals surface area contributed by atoms with E-state index in [1.165, 1.54) is 10.4 Å². The van der Waals surface area contributed by atoms with Crippen molar-refractivity contribution >= 4 is 49.8 Å². The second-order valence-electron chi connectivity index (χ2n) is 7.26. The van der Waals surface area contributed by atoms with Gasteiger partial charge in [0.15, 0.2) is 26.4 Å². The van der Waals surface area contributed by atoms with Crippen molar-refractivity contribution in [2.45, 2.75) is 32.7 Å². The standard InChI is InChI=1S/C18H24N6O7S2/c1-3-5-31-22-13(11-9-32-18(19)21-11)15(25)20-10-7-23-8-12(33(29,30)6-4-2)14(17(27)28)24(23)16(10)26/h9-10H,3-8H2,1-2H3,(H2,19,21)(H,20,25)(H,27,28)/b22-13+/t10-/m0/s1. The zero-order valence-corrected chi connectivity index (χ0v) is 19.6. The lowest BCUT2D eigenvalue weighted by Gasteiger charge is -2.18. The van der Waals surface area contributed by atoms with Crippen LogP contribution in [0.25, 0.3) is 0 Å². The number of rotatable bonds is 10. The van der Waals surface area contributed by atoms with Crippen molar-refractivity contribution in [2.75, 3.05) is 31.2 Å². The summed E-state index contributed by atoms with van der Waals surface area (Å²) in [6.45, 7) is 3.38. The van der Waals surface area contributed by atoms with Gasteiger partial charge < -0.3 is 21.0 Å². The second-order valence-corrected chi connectivity index (χ2v) is 10.3. The van der Waals surface area contributed by atoms with Gasteiger partial charge >= 0.3 is 5.97 Å². The number of nitrogens with zero attached hydrogens (tertiary/aromatic N) is 4. The average Bonchev–Trinajstić information content (AvgIpc) is 3.41. The third kappa shape index (κ3) is 4.99. The molecule has 0 radical (unpaired) electrons. The number of hydrogen-bond acceptors (Lipinski definition) is 11. The van der Waals surface area contributed by atoms with Gasteiger partial charge in [-0.15, -0.1) is 11.3 Å². The van der Waals surface area contributed by atoms with Gasteiger partial charge in [-0.05, 0) is 12.8 Å². The summed E-state index contributed by atoms with van der Waals surface area (Å²) >= 11 is 1.09. The molecule has 15 heteroatoms. The number of aliphatic carboxylic acids is 1. The maximum atomic E-state index is 13.0. The number of oxime groups is 1. The van der Waals surface area contributed by atoms with Gasteiger partial charge in [-0.25, -0.2) is 28.2 Å². The van der Waals surface area contributed by atoms with E-state index in [9.17, 15) is 27.9 Å². The van der Waals surface area contributed by atoms with Crippen molar-refractivity contribution in [3.8, 4) is 0 Å². The first-order valence-electron chi connectivity index (χ1n) is 10.1. The molecule has 2 amide bonds. The number of carboxylic acid groups (broad SMARTS) is 1. The number of hydrazine groups is 1. The quantitative estimate of drug-likeness (QED) is 0.216. The van der Waals surface area contributed by atoms with E-state index in [1.54, 1.807) is 6.92 Å². The van der Waals surface area contributed by atoms with Gasteiger partial charge in [-0.3, -0.25) is 9.59 Å². The third-order valence-electron chi connectivity index (χ3n) is 4.77. The number of thiazole rings is 1. The Hall–Kier alpha value is -3.04. The molecular weight excluding hydrogens is 476 g/mol. The molecule has 0 unspecified atom stereocenters. The molecule has 33 heavy (non-hydrogen) atoms. The summed E-state index contributed by atoms with van der Waals surface area (Å²) in [4.78, 5) is 46.5. The average molecular weight is 501 g/mol. The number of nitrogen functional groups attached to an aromatic ring is 1. The fourth-order valence-electron chi connectivity index (χ4n) is 3.39. The van der Waals surface area contributed by atoms with E-state index in [1.807, 2.05) is 6.92 Å². The van der Waals surface area contributed by atoms with Crippen LogP contribution in [0.2, 0.25) is 0 Å². The summed E-state index contributed by atoms with van der Waals surface area (Å²) in [5.41, 5.74) is 5.00. The fraction of sp³-hybridized carbons (Fsp3) is 0.500. The zero-order chi connectivity index (χ0) is 24.3. The minimum atomic E-state index is -3.85. The van der Waals surface area contributed by atoms with Crippen LogP contribution in [0.3, 0.4) is 0 Å². The molecule has 0 saturated carbocycles. The zero-order valence-electron chi connectivity index (χ0n) is 18.0. The Morgan fingerprint density at radius 3 is 2.70 bits per heavy atom. The van der Waals surface area contributed by atoms with Crippen LogP contribution in [0.1, 0.15) is 32.4 Å². The van der Waals surface area contributed by atoms with Crippen molar-refractivity contribution in [3.63, 3.8) is 0 Å². The Labute approximate surface area is 193 Å². The number of hydrogen-bond donors (Lipinski definition) is 3. The molecule has 3 rings (SSSR count). The molecule has 1 atom stereocenters. The Morgan fingerprint density at radius 2 is 2.12 bits per heavy atom. The molecule has 0 bridgehead atoms. The minimum absolute atomic E-state index is 0.116. The molecule has 13 nitrogen and oxygen atoms in total. The van der Waals surface area contributed by atoms with Crippen LogP contribution in [-0.2, 0) is 29.1 Å². The molecule has 2 aliphatic rings. The van der Waals surface area contributed by atoms with Crippen LogP contribution in [0, 0.1) is 0 Å². The van der Waals surface area contributed by atoms with Gasteiger partial charge in [-0.1, -0.05) is 19.0 Å². The Morgan fingerprint density at radius 1 is 1.39 bits per heavy atom. The number of nitrogens with one attached hydrogen (secondary N) is 1. The van der Waals surface area contributed by atoms with Crippen molar-refractivity contribution < 1.29 is 32.7 Å². The number of fused-ring (bicyclic) bond motifs is 1. The SMILES string of the molecule is CCCO/N=C(/C(=O)N[C@H]1CN2CC(S(=O)(=O)CCC)=C(C(=O)O)N2C1=O)c1csc(N)n1. The predicted octanol–water partition coefficient (Wildman–Crippen LogP) is -0.465. The molecule has 0 aromatic carbocycles. The van der Waals surface area contributed by atoms with E-state index in [-0.39, 0.29) is 46.9 Å². The van der Waals surface area contributed by atoms with E-state index in [0.717, 1.165) is 16.3 Å². The summed E-state index contributed by atoms with van der Waals surface area (Å²) in [5.74, 6) is -3.31. The first-order chi connectivity index (χ1) is 15.6. The van der Waals surface area contributed by atoms with Crippen LogP contribution in [-0.4, -0.2) is 83.5 Å². The Bertz CT molecular complexity index is 1130. The van der Waals surface area contributed by atoms with Gasteiger partial charge in [0.25, 0.3) is 11.8 Å². The van der Waals surface area contributed by atoms with E-state index in [4.69, 9.17) is 10.6 Å². The number of carbonyl (C=O) groups is 3. The number of nitrogens with two attached hydrogens (primary N) is 1. The van der Waals surface area contributed by atoms with E-state index in [0.29, 0.717) is 12.8 Å². The van der Waals surface area contributed by atoms with Crippen molar-refractivity contribution in [3.05, 3.63) is 21.7 Å². The Balaban J connectivity index is 1.84. The number of amides is 2. The van der Waals surface area contributed by atoms with E-state index in [2.05, 4.69) is 15.5 Å². The first-order valence-corrected chi connectivity index (χ1v) is 12.6. The number of carbonyl (C=O) groups excluding carboxylic acids is 2. The summed E-state index contributed by atoms with van der Waals surface area (Å²) in [6.07, 6.45) is 0.949. The van der Waals surface area contributed by atoms with Crippen LogP contribution in [0.5, 0.6) is 0 Å². The molecule has 180 valence electrons. The molecule has 1 aromatic heterocycles. The van der Waals surface area contributed by atoms with Crippen LogP contribution in [0.15, 0.2) is 21.1 Å². The van der Waals surface area contributed by atoms with Gasteiger partial charge in [-0.2, -0.15) is 0 Å². The molecular formula is C18H24N6O7S2. The first kappa shape index (κ1) is 24.6. The van der Waals surface area contributed by atoms with Crippen LogP contribution < -0.4 is 11.1 Å². The van der Waals surface area contributed by atoms with Crippen LogP contribution >= 0.6 is 11.3 Å². The lowest BCUT2D eigenvalue weighted by atomic mass is 10.2. The minimum Gasteiger partial charge on any atom is -0.476 e. The smallest absolute Gasteiger partial charge is 0.355 e. The largest absolute Gasteiger partial charge is 0.476 e. The number of sulfone groups is 1. The van der Waals surface area contributed by atoms with E-state index >= 15 is 0 Å². The molecule has 0 aliphatic carbocycles. The predicted molar refractivity (Wildman–Crippen MR) is 118 cm³/mol. The molecule has 4 N–H and O–H groups in total. The summed E-state index contributed by atoms with van der Waals surface area (Å²) in [6, 6.07) is -1.13. The maximum Gasteiger partial charge on any atom is 0.355 e. The van der Waals surface area contributed by atoms with Gasteiger partial charge in [0, 0.05) is 11.9 Å². The van der Waals surface area contributed by atoms with Gasteiger partial charge in [0.05, 0.1) is 17.2 Å². The normalized spacial score (nSPS) is 19.2. The van der Waals surface area contributed by atoms with Crippen LogP contribution in [0.4, 0.5) is 5.13 Å². The molecule has 3 heterocycles. The number of aromatic nitrogens is 1. The summed E-state index contributed by atoms with van der Waals surface area (Å²) in [5, 5.41) is 19.8. The maximum absolute atomic E-state index is 13.0. The number of anilines is 1. The van der Waals surface area contributed by atoms with Crippen molar-refractivity contribution in [1.82, 2.24) is 20.3 Å². The lowest BCUT2D eigenvalue weighted by Crippen LogP contribution is -2.46. The van der Waals surface area contributed by atoms with Gasteiger partial charge in [0.1, 0.15) is 18.3 Å². The fourth-order valence-corrected chi connectivity index (χ4v) is 5.53. The molecule has 1 saturated heterocycles. The third-order valence-corrected chi connectivity index (χ3v) is 7.46. The highest BCUT2D eigenvalue weighted by Crippen LogP contribution is 2.32. The Kier molecular flexibility index (Phi) is 7.34. The monoisotopic (exact) mass is 500 g/mol. The summed E-state index contributed by atoms with van der Waals surface area (Å²) in [7, 11) is -3.85. The molecule has 2 aliphatic heterocycles. The van der Waals surface area contributed by atoms with E-state index < -0.39 is 39.4 Å². The topological polar surface area (TPSA) is 185 Å².